The first-order valence-corrected chi connectivity index (χ1v) is 10.9. The molecule has 8 nitrogen and oxygen atoms in total. The molecular weight excluding hydrogens is 453 g/mol. The Morgan fingerprint density at radius 2 is 1.84 bits per heavy atom. The number of rotatable bonds is 2. The molecule has 3 aliphatic rings. The number of furan rings is 1. The molecule has 1 spiro atoms. The van der Waals surface area contributed by atoms with Gasteiger partial charge < -0.3 is 18.6 Å². The van der Waals surface area contributed by atoms with Crippen molar-refractivity contribution in [1.29, 1.82) is 0 Å². The summed E-state index contributed by atoms with van der Waals surface area (Å²) in [4.78, 5) is 4.34. The van der Waals surface area contributed by atoms with Gasteiger partial charge in [0.1, 0.15) is 18.1 Å². The Labute approximate surface area is 179 Å². The lowest BCUT2D eigenvalue weighted by molar-refractivity contribution is -0.153. The molecule has 3 aromatic rings. The molecule has 32 heavy (non-hydrogen) atoms. The summed E-state index contributed by atoms with van der Waals surface area (Å²) >= 11 is 0. The smallest absolute Gasteiger partial charge is 0.449 e. The van der Waals surface area contributed by atoms with Gasteiger partial charge in [0.25, 0.3) is 10.0 Å². The highest BCUT2D eigenvalue weighted by atomic mass is 32.2. The van der Waals surface area contributed by atoms with Gasteiger partial charge in [0.2, 0.25) is 12.6 Å². The first-order chi connectivity index (χ1) is 15.2. The van der Waals surface area contributed by atoms with Crippen LogP contribution in [0.1, 0.15) is 22.8 Å². The van der Waals surface area contributed by atoms with E-state index >= 15 is 0 Å². The minimum Gasteiger partial charge on any atom is -0.491 e. The number of fused-ring (bicyclic) bond motifs is 5. The van der Waals surface area contributed by atoms with E-state index in [9.17, 15) is 21.6 Å². The Morgan fingerprint density at radius 3 is 2.59 bits per heavy atom. The van der Waals surface area contributed by atoms with Crippen LogP contribution in [-0.2, 0) is 27.5 Å². The van der Waals surface area contributed by atoms with E-state index in [2.05, 4.69) is 4.98 Å². The van der Waals surface area contributed by atoms with Gasteiger partial charge in [-0.25, -0.2) is 8.42 Å². The van der Waals surface area contributed by atoms with Gasteiger partial charge in [-0.2, -0.15) is 13.2 Å². The maximum atomic E-state index is 13.9. The van der Waals surface area contributed by atoms with Gasteiger partial charge in [0, 0.05) is 17.8 Å². The lowest BCUT2D eigenvalue weighted by atomic mass is 9.94. The van der Waals surface area contributed by atoms with Crippen molar-refractivity contribution in [1.82, 2.24) is 4.98 Å². The van der Waals surface area contributed by atoms with Crippen molar-refractivity contribution in [2.75, 3.05) is 17.7 Å². The predicted octanol–water partition coefficient (Wildman–Crippen LogP) is 3.41. The molecule has 5 heterocycles. The molecule has 1 aromatic carbocycles. The van der Waals surface area contributed by atoms with E-state index in [0.717, 1.165) is 16.4 Å². The molecule has 2 aromatic heterocycles. The van der Waals surface area contributed by atoms with Gasteiger partial charge in [-0.1, -0.05) is 0 Å². The number of aromatic nitrogens is 1. The number of hydrogen-bond donors (Lipinski definition) is 0. The Kier molecular flexibility index (Phi) is 3.67. The van der Waals surface area contributed by atoms with Crippen molar-refractivity contribution in [2.24, 2.45) is 0 Å². The first-order valence-electron chi connectivity index (χ1n) is 9.42. The maximum absolute atomic E-state index is 13.9. The minimum atomic E-state index is -4.68. The number of anilines is 1. The van der Waals surface area contributed by atoms with E-state index in [1.165, 1.54) is 6.20 Å². The Morgan fingerprint density at radius 1 is 1.06 bits per heavy atom. The van der Waals surface area contributed by atoms with Crippen molar-refractivity contribution in [3.63, 3.8) is 0 Å². The second-order valence-electron chi connectivity index (χ2n) is 7.46. The quantitative estimate of drug-likeness (QED) is 0.572. The van der Waals surface area contributed by atoms with Crippen LogP contribution in [0.15, 0.2) is 47.0 Å². The van der Waals surface area contributed by atoms with Crippen LogP contribution < -0.4 is 18.5 Å². The number of halogens is 3. The SMILES string of the molecule is O=S1(=O)N(Cc2ccc(C(F)(F)F)o2)c2cccnc2C12COc1cc3c(cc12)OCO3. The monoisotopic (exact) mass is 466 g/mol. The van der Waals surface area contributed by atoms with Gasteiger partial charge in [0.05, 0.1) is 17.9 Å². The fourth-order valence-electron chi connectivity index (χ4n) is 4.30. The highest BCUT2D eigenvalue weighted by Crippen LogP contribution is 2.57. The normalized spacial score (nSPS) is 22.2. The van der Waals surface area contributed by atoms with Crippen LogP contribution in [0.25, 0.3) is 0 Å². The van der Waals surface area contributed by atoms with Crippen LogP contribution >= 0.6 is 0 Å². The molecule has 3 aliphatic heterocycles. The zero-order valence-electron chi connectivity index (χ0n) is 16.0. The van der Waals surface area contributed by atoms with Crippen molar-refractivity contribution in [3.8, 4) is 17.2 Å². The zero-order valence-corrected chi connectivity index (χ0v) is 16.9. The Bertz CT molecular complexity index is 1370. The van der Waals surface area contributed by atoms with Crippen LogP contribution in [-0.4, -0.2) is 26.8 Å². The van der Waals surface area contributed by atoms with Crippen LogP contribution in [0.2, 0.25) is 0 Å². The number of benzene rings is 1. The second kappa shape index (κ2) is 6.09. The molecule has 0 saturated heterocycles. The molecule has 0 fully saturated rings. The zero-order chi connectivity index (χ0) is 22.3. The highest BCUT2D eigenvalue weighted by molar-refractivity contribution is 7.94. The summed E-state index contributed by atoms with van der Waals surface area (Å²) < 4.78 is 87.4. The third-order valence-electron chi connectivity index (χ3n) is 5.75. The fraction of sp³-hybridized carbons (Fsp3) is 0.250. The first kappa shape index (κ1) is 19.3. The molecule has 0 radical (unpaired) electrons. The van der Waals surface area contributed by atoms with Crippen LogP contribution in [0.4, 0.5) is 18.9 Å². The predicted molar refractivity (Wildman–Crippen MR) is 102 cm³/mol. The molecule has 12 heteroatoms. The van der Waals surface area contributed by atoms with Gasteiger partial charge in [0.15, 0.2) is 16.2 Å². The number of nitrogens with zero attached hydrogens (tertiary/aromatic N) is 2. The van der Waals surface area contributed by atoms with Gasteiger partial charge in [-0.15, -0.1) is 0 Å². The fourth-order valence-corrected chi connectivity index (χ4v) is 6.43. The summed E-state index contributed by atoms with van der Waals surface area (Å²) in [5.74, 6) is -0.233. The van der Waals surface area contributed by atoms with E-state index in [-0.39, 0.29) is 30.5 Å². The summed E-state index contributed by atoms with van der Waals surface area (Å²) in [5.41, 5.74) is 0.798. The van der Waals surface area contributed by atoms with E-state index in [0.29, 0.717) is 22.8 Å². The molecule has 0 bridgehead atoms. The average Bonchev–Trinajstić information content (AvgIpc) is 3.50. The van der Waals surface area contributed by atoms with E-state index in [1.807, 2.05) is 0 Å². The maximum Gasteiger partial charge on any atom is 0.449 e. The van der Waals surface area contributed by atoms with Crippen molar-refractivity contribution >= 4 is 15.7 Å². The van der Waals surface area contributed by atoms with Crippen molar-refractivity contribution in [2.45, 2.75) is 17.5 Å². The Hall–Kier alpha value is -3.41. The van der Waals surface area contributed by atoms with Gasteiger partial charge >= 0.3 is 6.18 Å². The number of alkyl halides is 3. The highest BCUT2D eigenvalue weighted by Gasteiger charge is 2.63. The van der Waals surface area contributed by atoms with E-state index in [4.69, 9.17) is 18.6 Å². The average molecular weight is 466 g/mol. The molecule has 0 N–H and O–H groups in total. The summed E-state index contributed by atoms with van der Waals surface area (Å²) in [6, 6.07) is 8.10. The van der Waals surface area contributed by atoms with Gasteiger partial charge in [-0.3, -0.25) is 9.29 Å². The summed E-state index contributed by atoms with van der Waals surface area (Å²) in [7, 11) is -4.23. The van der Waals surface area contributed by atoms with E-state index in [1.54, 1.807) is 24.3 Å². The summed E-state index contributed by atoms with van der Waals surface area (Å²) in [5, 5.41) is 0. The minimum absolute atomic E-state index is 0.00102. The molecule has 1 unspecified atom stereocenters. The number of sulfonamides is 1. The topological polar surface area (TPSA) is 91.1 Å². The Balaban J connectivity index is 1.50. The van der Waals surface area contributed by atoms with Crippen LogP contribution in [0.3, 0.4) is 0 Å². The summed E-state index contributed by atoms with van der Waals surface area (Å²) in [6.45, 7) is -0.683. The third kappa shape index (κ3) is 2.38. The lowest BCUT2D eigenvalue weighted by Gasteiger charge is -2.24. The largest absolute Gasteiger partial charge is 0.491 e. The van der Waals surface area contributed by atoms with Crippen molar-refractivity contribution in [3.05, 3.63) is 65.4 Å². The number of pyridine rings is 1. The van der Waals surface area contributed by atoms with Crippen LogP contribution in [0, 0.1) is 0 Å². The van der Waals surface area contributed by atoms with E-state index < -0.39 is 33.3 Å². The van der Waals surface area contributed by atoms with Gasteiger partial charge in [-0.05, 0) is 30.3 Å². The molecule has 6 rings (SSSR count). The standard InChI is InChI=1S/C20H13F3N2O6S/c21-20(22,23)17-4-3-11(31-17)8-25-13-2-1-5-24-18(13)19(32(25,26)27)9-28-14-7-16-15(6-12(14)19)29-10-30-16/h1-7H,8-10H2. The van der Waals surface area contributed by atoms with Crippen LogP contribution in [0.5, 0.6) is 17.2 Å². The second-order valence-corrected chi connectivity index (χ2v) is 9.55. The lowest BCUT2D eigenvalue weighted by Crippen LogP contribution is -2.42. The van der Waals surface area contributed by atoms with Crippen molar-refractivity contribution < 1.29 is 40.2 Å². The molecule has 0 amide bonds. The number of hydrogen-bond acceptors (Lipinski definition) is 7. The molecule has 0 aliphatic carbocycles. The molecule has 0 saturated carbocycles. The molecule has 1 atom stereocenters. The number of ether oxygens (including phenoxy) is 3. The molecular formula is C20H13F3N2O6S. The summed E-state index contributed by atoms with van der Waals surface area (Å²) in [6.07, 6.45) is -3.22. The third-order valence-corrected chi connectivity index (χ3v) is 8.07. The molecule has 166 valence electrons.